The highest BCUT2D eigenvalue weighted by molar-refractivity contribution is 6.31. The van der Waals surface area contributed by atoms with E-state index in [1.165, 1.54) is 6.33 Å². The van der Waals surface area contributed by atoms with Crippen molar-refractivity contribution in [3.8, 4) is 5.69 Å². The lowest BCUT2D eigenvalue weighted by molar-refractivity contribution is -0.128. The molecule has 1 atom stereocenters. The first kappa shape index (κ1) is 16.8. The van der Waals surface area contributed by atoms with Gasteiger partial charge in [0, 0.05) is 36.5 Å². The summed E-state index contributed by atoms with van der Waals surface area (Å²) in [7, 11) is 0. The average Bonchev–Trinajstić information content (AvgIpc) is 3.16. The van der Waals surface area contributed by atoms with Crippen molar-refractivity contribution in [3.05, 3.63) is 35.9 Å². The molecule has 2 heterocycles. The number of aromatic nitrogens is 3. The van der Waals surface area contributed by atoms with Crippen LogP contribution in [-0.2, 0) is 4.79 Å². The van der Waals surface area contributed by atoms with Crippen molar-refractivity contribution in [2.45, 2.75) is 25.3 Å². The highest BCUT2D eigenvalue weighted by Gasteiger charge is 2.39. The Morgan fingerprint density at radius 3 is 2.92 bits per heavy atom. The van der Waals surface area contributed by atoms with E-state index >= 15 is 0 Å². The number of carbonyl (C=O) groups is 2. The summed E-state index contributed by atoms with van der Waals surface area (Å²) in [5.41, 5.74) is 1.20. The van der Waals surface area contributed by atoms with Gasteiger partial charge in [-0.2, -0.15) is 5.10 Å². The molecule has 1 aromatic carbocycles. The Balaban J connectivity index is 1.36. The molecule has 0 unspecified atom stereocenters. The number of rotatable bonds is 5. The van der Waals surface area contributed by atoms with Gasteiger partial charge in [0.15, 0.2) is 0 Å². The van der Waals surface area contributed by atoms with E-state index in [1.807, 2.05) is 4.90 Å². The number of nitrogens with one attached hydrogen (secondary N) is 2. The van der Waals surface area contributed by atoms with E-state index in [4.69, 9.17) is 11.6 Å². The van der Waals surface area contributed by atoms with Crippen molar-refractivity contribution in [2.75, 3.05) is 18.4 Å². The highest BCUT2D eigenvalue weighted by Crippen LogP contribution is 2.32. The van der Waals surface area contributed by atoms with Gasteiger partial charge in [0.25, 0.3) is 0 Å². The molecular weight excluding hydrogens is 356 g/mol. The number of benzene rings is 1. The van der Waals surface area contributed by atoms with E-state index in [0.29, 0.717) is 35.4 Å². The molecule has 1 saturated carbocycles. The van der Waals surface area contributed by atoms with Crippen LogP contribution >= 0.6 is 11.6 Å². The zero-order valence-electron chi connectivity index (χ0n) is 14.1. The second-order valence-corrected chi connectivity index (χ2v) is 7.12. The molecule has 0 spiro atoms. The Labute approximate surface area is 155 Å². The van der Waals surface area contributed by atoms with Gasteiger partial charge in [-0.25, -0.2) is 14.5 Å². The number of hydrogen-bond donors (Lipinski definition) is 2. The number of likely N-dealkylation sites (tertiary alicyclic amines) is 1. The van der Waals surface area contributed by atoms with Crippen LogP contribution < -0.4 is 10.6 Å². The molecule has 0 bridgehead atoms. The second-order valence-electron chi connectivity index (χ2n) is 6.68. The molecule has 2 aliphatic rings. The summed E-state index contributed by atoms with van der Waals surface area (Å²) in [5.74, 6) is 0.353. The topological polar surface area (TPSA) is 92.2 Å². The Kier molecular flexibility index (Phi) is 4.50. The summed E-state index contributed by atoms with van der Waals surface area (Å²) in [5, 5.41) is 10.2. The molecule has 2 aromatic rings. The van der Waals surface area contributed by atoms with Gasteiger partial charge in [0.2, 0.25) is 5.91 Å². The molecule has 1 aromatic heterocycles. The van der Waals surface area contributed by atoms with E-state index in [0.717, 1.165) is 19.4 Å². The molecule has 8 nitrogen and oxygen atoms in total. The molecule has 2 N–H and O–H groups in total. The molecule has 136 valence electrons. The predicted molar refractivity (Wildman–Crippen MR) is 96.2 cm³/mol. The fourth-order valence-electron chi connectivity index (χ4n) is 3.23. The predicted octanol–water partition coefficient (Wildman–Crippen LogP) is 2.05. The maximum atomic E-state index is 12.3. The van der Waals surface area contributed by atoms with Gasteiger partial charge in [-0.1, -0.05) is 11.6 Å². The SMILES string of the molecule is O=C(NC[C@@H]1CC(=O)N(C2CC2)C1)Nc1cc(Cl)ccc1-n1cncn1. The van der Waals surface area contributed by atoms with E-state index in [-0.39, 0.29) is 17.9 Å². The van der Waals surface area contributed by atoms with Crippen molar-refractivity contribution in [1.29, 1.82) is 0 Å². The third-order valence-electron chi connectivity index (χ3n) is 4.65. The smallest absolute Gasteiger partial charge is 0.319 e. The van der Waals surface area contributed by atoms with Crippen LogP contribution in [0.25, 0.3) is 5.69 Å². The van der Waals surface area contributed by atoms with Crippen molar-refractivity contribution < 1.29 is 9.59 Å². The number of urea groups is 1. The van der Waals surface area contributed by atoms with E-state index in [2.05, 4.69) is 20.7 Å². The highest BCUT2D eigenvalue weighted by atomic mass is 35.5. The van der Waals surface area contributed by atoms with Gasteiger partial charge in [-0.3, -0.25) is 4.79 Å². The van der Waals surface area contributed by atoms with Gasteiger partial charge in [-0.05, 0) is 31.0 Å². The standard InChI is InChI=1S/C17H19ClN6O2/c18-12-1-4-15(24-10-19-9-21-24)14(6-12)22-17(26)20-7-11-5-16(25)23(8-11)13-2-3-13/h1,4,6,9-11,13H,2-3,5,7-8H2,(H2,20,22,26)/t11-/m0/s1. The summed E-state index contributed by atoms with van der Waals surface area (Å²) < 4.78 is 1.55. The molecule has 0 radical (unpaired) electrons. The average molecular weight is 375 g/mol. The maximum Gasteiger partial charge on any atom is 0.319 e. The number of hydrogen-bond acceptors (Lipinski definition) is 4. The number of amides is 3. The Hall–Kier alpha value is -2.61. The van der Waals surface area contributed by atoms with Crippen LogP contribution in [-0.4, -0.2) is 50.7 Å². The normalized spacial score (nSPS) is 19.7. The molecule has 3 amide bonds. The van der Waals surface area contributed by atoms with Gasteiger partial charge in [-0.15, -0.1) is 0 Å². The Morgan fingerprint density at radius 1 is 1.35 bits per heavy atom. The van der Waals surface area contributed by atoms with Crippen molar-refractivity contribution in [3.63, 3.8) is 0 Å². The molecule has 9 heteroatoms. The quantitative estimate of drug-likeness (QED) is 0.837. The monoisotopic (exact) mass is 374 g/mol. The third kappa shape index (κ3) is 3.65. The molecule has 1 aliphatic carbocycles. The molecule has 1 saturated heterocycles. The number of carbonyl (C=O) groups excluding carboxylic acids is 2. The van der Waals surface area contributed by atoms with Crippen LogP contribution in [0.2, 0.25) is 5.02 Å². The Morgan fingerprint density at radius 2 is 2.19 bits per heavy atom. The number of anilines is 1. The zero-order chi connectivity index (χ0) is 18.1. The van der Waals surface area contributed by atoms with Gasteiger partial charge >= 0.3 is 6.03 Å². The molecule has 26 heavy (non-hydrogen) atoms. The fourth-order valence-corrected chi connectivity index (χ4v) is 3.40. The summed E-state index contributed by atoms with van der Waals surface area (Å²) >= 11 is 6.05. The van der Waals surface area contributed by atoms with Crippen LogP contribution in [0.5, 0.6) is 0 Å². The fraction of sp³-hybridized carbons (Fsp3) is 0.412. The Bertz CT molecular complexity index is 821. The first-order valence-corrected chi connectivity index (χ1v) is 8.97. The lowest BCUT2D eigenvalue weighted by Crippen LogP contribution is -2.34. The van der Waals surface area contributed by atoms with E-state index < -0.39 is 0 Å². The van der Waals surface area contributed by atoms with Gasteiger partial charge in [0.05, 0.1) is 11.4 Å². The number of halogens is 1. The molecule has 2 fully saturated rings. The van der Waals surface area contributed by atoms with Crippen molar-refractivity contribution in [2.24, 2.45) is 5.92 Å². The van der Waals surface area contributed by atoms with Crippen LogP contribution in [0.1, 0.15) is 19.3 Å². The summed E-state index contributed by atoms with van der Waals surface area (Å²) in [4.78, 5) is 30.2. The summed E-state index contributed by atoms with van der Waals surface area (Å²) in [6.45, 7) is 1.19. The largest absolute Gasteiger partial charge is 0.339 e. The third-order valence-corrected chi connectivity index (χ3v) is 4.88. The molecular formula is C17H19ClN6O2. The summed E-state index contributed by atoms with van der Waals surface area (Å²) in [6.07, 6.45) is 5.67. The van der Waals surface area contributed by atoms with Gasteiger partial charge < -0.3 is 15.5 Å². The number of nitrogens with zero attached hydrogens (tertiary/aromatic N) is 4. The van der Waals surface area contributed by atoms with Crippen molar-refractivity contribution in [1.82, 2.24) is 25.0 Å². The van der Waals surface area contributed by atoms with Crippen molar-refractivity contribution >= 4 is 29.2 Å². The lowest BCUT2D eigenvalue weighted by Gasteiger charge is -2.16. The molecule has 1 aliphatic heterocycles. The van der Waals surface area contributed by atoms with Crippen LogP contribution in [0.15, 0.2) is 30.9 Å². The zero-order valence-corrected chi connectivity index (χ0v) is 14.8. The van der Waals surface area contributed by atoms with Crippen LogP contribution in [0.4, 0.5) is 10.5 Å². The molecule has 4 rings (SSSR count). The lowest BCUT2D eigenvalue weighted by atomic mass is 10.1. The maximum absolute atomic E-state index is 12.3. The second kappa shape index (κ2) is 6.95. The van der Waals surface area contributed by atoms with Gasteiger partial charge in [0.1, 0.15) is 12.7 Å². The van der Waals surface area contributed by atoms with E-state index in [1.54, 1.807) is 29.2 Å². The minimum atomic E-state index is -0.342. The summed E-state index contributed by atoms with van der Waals surface area (Å²) in [6, 6.07) is 5.23. The first-order chi connectivity index (χ1) is 12.6. The minimum Gasteiger partial charge on any atom is -0.339 e. The minimum absolute atomic E-state index is 0.156. The van der Waals surface area contributed by atoms with E-state index in [9.17, 15) is 9.59 Å². The first-order valence-electron chi connectivity index (χ1n) is 8.59. The van der Waals surface area contributed by atoms with Crippen LogP contribution in [0, 0.1) is 5.92 Å². The van der Waals surface area contributed by atoms with Crippen LogP contribution in [0.3, 0.4) is 0 Å².